The largest absolute Gasteiger partial charge is 0.399 e. The fraction of sp³-hybridized carbons (Fsp3) is 0.143. The highest BCUT2D eigenvalue weighted by Crippen LogP contribution is 2.17. The van der Waals surface area contributed by atoms with Gasteiger partial charge in [0, 0.05) is 28.6 Å². The van der Waals surface area contributed by atoms with Crippen LogP contribution in [0.15, 0.2) is 60.9 Å². The van der Waals surface area contributed by atoms with Gasteiger partial charge in [-0.2, -0.15) is 0 Å². The Labute approximate surface area is 177 Å². The van der Waals surface area contributed by atoms with E-state index in [0.717, 1.165) is 10.2 Å². The lowest BCUT2D eigenvalue weighted by Gasteiger charge is -2.31. The van der Waals surface area contributed by atoms with Gasteiger partial charge in [0.25, 0.3) is 11.8 Å². The van der Waals surface area contributed by atoms with Gasteiger partial charge in [-0.3, -0.25) is 14.8 Å². The molecule has 2 atom stereocenters. The molecular weight excluding hydrogens is 400 g/mol. The van der Waals surface area contributed by atoms with Gasteiger partial charge in [0.1, 0.15) is 0 Å². The Morgan fingerprint density at radius 3 is 2.19 bits per heavy atom. The monoisotopic (exact) mass is 420 g/mol. The van der Waals surface area contributed by atoms with Crippen LogP contribution in [0, 0.1) is 11.8 Å². The maximum absolute atomic E-state index is 12.6. The van der Waals surface area contributed by atoms with Crippen LogP contribution >= 0.6 is 0 Å². The summed E-state index contributed by atoms with van der Waals surface area (Å²) in [6, 6.07) is 11.9. The second-order valence-electron chi connectivity index (χ2n) is 6.77. The van der Waals surface area contributed by atoms with Crippen molar-refractivity contribution in [3.05, 3.63) is 77.6 Å². The number of rotatable bonds is 5. The van der Waals surface area contributed by atoms with E-state index in [0.29, 0.717) is 11.3 Å². The summed E-state index contributed by atoms with van der Waals surface area (Å²) in [6.07, 6.45) is 2.62. The fourth-order valence-corrected chi connectivity index (χ4v) is 2.73. The molecule has 0 aliphatic heterocycles. The smallest absolute Gasteiger partial charge is 0.270 e. The van der Waals surface area contributed by atoms with Gasteiger partial charge in [0.2, 0.25) is 0 Å². The molecular formula is C21H20N6O4. The zero-order valence-electron chi connectivity index (χ0n) is 16.5. The van der Waals surface area contributed by atoms with Crippen LogP contribution in [0.1, 0.15) is 28.4 Å². The van der Waals surface area contributed by atoms with Gasteiger partial charge < -0.3 is 16.2 Å². The number of aromatic nitrogens is 3. The van der Waals surface area contributed by atoms with Crippen molar-refractivity contribution >= 4 is 17.5 Å². The number of carbonyl (C=O) groups is 2. The van der Waals surface area contributed by atoms with Crippen molar-refractivity contribution in [2.45, 2.75) is 18.7 Å². The molecule has 31 heavy (non-hydrogen) atoms. The Morgan fingerprint density at radius 2 is 1.68 bits per heavy atom. The molecule has 0 spiro atoms. The fourth-order valence-electron chi connectivity index (χ4n) is 2.73. The average Bonchev–Trinajstić information content (AvgIpc) is 3.32. The molecule has 0 radical (unpaired) electrons. The minimum atomic E-state index is -2.00. The SMILES string of the molecule is CC(O)([C@H](NC(=O)c1ccc(C#Cc2ccc(N)cc2)cc1)C(=O)NO)n1ccnn1. The van der Waals surface area contributed by atoms with Crippen LogP contribution in [0.5, 0.6) is 0 Å². The first-order chi connectivity index (χ1) is 14.8. The Bertz CT molecular complexity index is 1110. The van der Waals surface area contributed by atoms with E-state index in [1.165, 1.54) is 36.9 Å². The van der Waals surface area contributed by atoms with Crippen molar-refractivity contribution in [3.8, 4) is 11.8 Å². The highest BCUT2D eigenvalue weighted by atomic mass is 16.5. The number of nitrogens with zero attached hydrogens (tertiary/aromatic N) is 3. The number of amides is 2. The van der Waals surface area contributed by atoms with Crippen LogP contribution in [0.3, 0.4) is 0 Å². The van der Waals surface area contributed by atoms with Crippen LogP contribution < -0.4 is 16.5 Å². The third-order valence-corrected chi connectivity index (χ3v) is 4.49. The topological polar surface area (TPSA) is 155 Å². The van der Waals surface area contributed by atoms with E-state index in [2.05, 4.69) is 27.5 Å². The molecule has 0 bridgehead atoms. The van der Waals surface area contributed by atoms with Crippen molar-refractivity contribution in [1.29, 1.82) is 0 Å². The summed E-state index contributed by atoms with van der Waals surface area (Å²) in [5, 5.41) is 29.4. The number of anilines is 1. The predicted molar refractivity (Wildman–Crippen MR) is 110 cm³/mol. The first-order valence-corrected chi connectivity index (χ1v) is 9.13. The van der Waals surface area contributed by atoms with Gasteiger partial charge in [-0.25, -0.2) is 10.2 Å². The number of benzene rings is 2. The van der Waals surface area contributed by atoms with E-state index in [9.17, 15) is 14.7 Å². The van der Waals surface area contributed by atoms with Crippen LogP contribution in [0.2, 0.25) is 0 Å². The van der Waals surface area contributed by atoms with Crippen molar-refractivity contribution < 1.29 is 19.9 Å². The Morgan fingerprint density at radius 1 is 1.10 bits per heavy atom. The van der Waals surface area contributed by atoms with E-state index >= 15 is 0 Å². The highest BCUT2D eigenvalue weighted by Gasteiger charge is 2.41. The molecule has 0 fully saturated rings. The molecule has 0 saturated heterocycles. The van der Waals surface area contributed by atoms with E-state index < -0.39 is 23.6 Å². The maximum Gasteiger partial charge on any atom is 0.270 e. The van der Waals surface area contributed by atoms with E-state index in [1.807, 2.05) is 0 Å². The van der Waals surface area contributed by atoms with E-state index in [4.69, 9.17) is 10.9 Å². The summed E-state index contributed by atoms with van der Waals surface area (Å²) in [6.45, 7) is 1.25. The van der Waals surface area contributed by atoms with Gasteiger partial charge in [-0.05, 0) is 55.5 Å². The first kappa shape index (κ1) is 21.5. The summed E-state index contributed by atoms with van der Waals surface area (Å²) in [5.74, 6) is 4.30. The second kappa shape index (κ2) is 9.08. The van der Waals surface area contributed by atoms with Gasteiger partial charge >= 0.3 is 0 Å². The number of nitrogens with two attached hydrogens (primary N) is 1. The Balaban J connectivity index is 1.75. The first-order valence-electron chi connectivity index (χ1n) is 9.13. The van der Waals surface area contributed by atoms with Crippen LogP contribution in [0.4, 0.5) is 5.69 Å². The molecule has 3 aromatic rings. The van der Waals surface area contributed by atoms with Crippen molar-refractivity contribution in [1.82, 2.24) is 25.8 Å². The number of aliphatic hydroxyl groups is 1. The van der Waals surface area contributed by atoms with E-state index in [-0.39, 0.29) is 5.56 Å². The summed E-state index contributed by atoms with van der Waals surface area (Å²) >= 11 is 0. The van der Waals surface area contributed by atoms with Crippen molar-refractivity contribution in [2.24, 2.45) is 0 Å². The number of nitrogens with one attached hydrogen (secondary N) is 2. The molecule has 2 amide bonds. The lowest BCUT2D eigenvalue weighted by atomic mass is 10.0. The molecule has 10 heteroatoms. The molecule has 0 aliphatic rings. The third kappa shape index (κ3) is 5.05. The maximum atomic E-state index is 12.6. The van der Waals surface area contributed by atoms with Crippen molar-refractivity contribution in [2.75, 3.05) is 5.73 Å². The molecule has 1 aromatic heterocycles. The summed E-state index contributed by atoms with van der Waals surface area (Å²) in [7, 11) is 0. The van der Waals surface area contributed by atoms with Gasteiger partial charge in [-0.15, -0.1) is 5.10 Å². The van der Waals surface area contributed by atoms with E-state index in [1.54, 1.807) is 36.4 Å². The molecule has 1 unspecified atom stereocenters. The summed E-state index contributed by atoms with van der Waals surface area (Å²) < 4.78 is 0.989. The summed E-state index contributed by atoms with van der Waals surface area (Å²) in [4.78, 5) is 24.7. The number of hydrogen-bond donors (Lipinski definition) is 5. The molecule has 6 N–H and O–H groups in total. The molecule has 3 rings (SSSR count). The number of carbonyl (C=O) groups excluding carboxylic acids is 2. The normalized spacial score (nSPS) is 13.3. The van der Waals surface area contributed by atoms with Crippen LogP contribution in [-0.2, 0) is 10.5 Å². The molecule has 10 nitrogen and oxygen atoms in total. The highest BCUT2D eigenvalue weighted by molar-refractivity contribution is 5.97. The summed E-state index contributed by atoms with van der Waals surface area (Å²) in [5.41, 5.74) is 7.43. The molecule has 158 valence electrons. The van der Waals surface area contributed by atoms with Crippen molar-refractivity contribution in [3.63, 3.8) is 0 Å². The van der Waals surface area contributed by atoms with Gasteiger partial charge in [0.05, 0.1) is 6.20 Å². The molecule has 0 aliphatic carbocycles. The Kier molecular flexibility index (Phi) is 6.30. The average molecular weight is 420 g/mol. The molecule has 0 saturated carbocycles. The minimum Gasteiger partial charge on any atom is -0.399 e. The van der Waals surface area contributed by atoms with Crippen LogP contribution in [-0.4, -0.2) is 43.2 Å². The van der Waals surface area contributed by atoms with Gasteiger partial charge in [0.15, 0.2) is 11.8 Å². The standard InChI is InChI=1S/C21H20N6O4/c1-21(30,27-13-12-23-26-27)18(20(29)25-31)24-19(28)16-8-4-14(5-9-16)2-3-15-6-10-17(22)11-7-15/h4-13,18,30-31H,22H2,1H3,(H,24,28)(H,25,29)/t18-,21?/m1/s1. The Hall–Kier alpha value is -4.20. The molecule has 1 heterocycles. The third-order valence-electron chi connectivity index (χ3n) is 4.49. The minimum absolute atomic E-state index is 0.225. The predicted octanol–water partition coefficient (Wildman–Crippen LogP) is 0.229. The molecule has 2 aromatic carbocycles. The zero-order chi connectivity index (χ0) is 22.4. The van der Waals surface area contributed by atoms with Crippen LogP contribution in [0.25, 0.3) is 0 Å². The number of hydrogen-bond acceptors (Lipinski definition) is 7. The lowest BCUT2D eigenvalue weighted by molar-refractivity contribution is -0.145. The number of hydroxylamine groups is 1. The van der Waals surface area contributed by atoms with Gasteiger partial charge in [-0.1, -0.05) is 17.1 Å². The second-order valence-corrected chi connectivity index (χ2v) is 6.77. The number of nitrogen functional groups attached to an aromatic ring is 1. The zero-order valence-corrected chi connectivity index (χ0v) is 16.5. The quantitative estimate of drug-likeness (QED) is 0.171. The lowest BCUT2D eigenvalue weighted by Crippen LogP contribution is -2.59.